The lowest BCUT2D eigenvalue weighted by atomic mass is 10.1. The largest absolute Gasteiger partial charge is 0.482 e. The number of nitrogens with one attached hydrogen (secondary N) is 1. The predicted octanol–water partition coefficient (Wildman–Crippen LogP) is 2.49. The summed E-state index contributed by atoms with van der Waals surface area (Å²) in [6.07, 6.45) is 1.97. The molecule has 0 bridgehead atoms. The number of nitro groups is 1. The predicted molar refractivity (Wildman–Crippen MR) is 67.3 cm³/mol. The van der Waals surface area contributed by atoms with Gasteiger partial charge >= 0.3 is 5.69 Å². The van der Waals surface area contributed by atoms with Crippen LogP contribution in [-0.4, -0.2) is 24.1 Å². The smallest absolute Gasteiger partial charge is 0.311 e. The maximum absolute atomic E-state index is 10.9. The number of hydrogen-bond donors (Lipinski definition) is 1. The molecule has 5 nitrogen and oxygen atoms in total. The molecule has 0 amide bonds. The normalized spacial score (nSPS) is 19.9. The second-order valence-electron chi connectivity index (χ2n) is 3.96. The monoisotopic (exact) mass is 300 g/mol. The van der Waals surface area contributed by atoms with Crippen molar-refractivity contribution in [3.8, 4) is 5.75 Å². The first kappa shape index (κ1) is 12.3. The fourth-order valence-corrected chi connectivity index (χ4v) is 2.17. The van der Waals surface area contributed by atoms with Crippen LogP contribution in [0.2, 0.25) is 0 Å². The van der Waals surface area contributed by atoms with Crippen LogP contribution in [0.5, 0.6) is 5.75 Å². The molecular formula is C11H13BrN2O3. The third-order valence-electron chi connectivity index (χ3n) is 2.66. The molecule has 1 heterocycles. The summed E-state index contributed by atoms with van der Waals surface area (Å²) in [6.45, 7) is 1.73. The first-order valence-corrected chi connectivity index (χ1v) is 6.27. The highest BCUT2D eigenvalue weighted by molar-refractivity contribution is 9.10. The summed E-state index contributed by atoms with van der Waals surface area (Å²) in [5.74, 6) is 0.332. The SMILES string of the molecule is O=[N+]([O-])c1ccc(Br)cc1OC1CCCNC1. The van der Waals surface area contributed by atoms with Gasteiger partial charge in [-0.2, -0.15) is 0 Å². The van der Waals surface area contributed by atoms with Gasteiger partial charge in [0, 0.05) is 23.2 Å². The van der Waals surface area contributed by atoms with Crippen molar-refractivity contribution in [3.05, 3.63) is 32.8 Å². The van der Waals surface area contributed by atoms with E-state index < -0.39 is 4.92 Å². The highest BCUT2D eigenvalue weighted by Gasteiger charge is 2.20. The summed E-state index contributed by atoms with van der Waals surface area (Å²) in [5, 5.41) is 14.1. The second kappa shape index (κ2) is 5.46. The van der Waals surface area contributed by atoms with Crippen LogP contribution in [-0.2, 0) is 0 Å². The number of benzene rings is 1. The van der Waals surface area contributed by atoms with Gasteiger partial charge in [0.05, 0.1) is 4.92 Å². The Balaban J connectivity index is 2.17. The molecule has 1 aliphatic heterocycles. The Hall–Kier alpha value is -1.14. The molecule has 1 atom stereocenters. The lowest BCUT2D eigenvalue weighted by molar-refractivity contribution is -0.386. The Labute approximate surface area is 107 Å². The van der Waals surface area contributed by atoms with E-state index in [9.17, 15) is 10.1 Å². The average molecular weight is 301 g/mol. The van der Waals surface area contributed by atoms with Crippen LogP contribution in [0.15, 0.2) is 22.7 Å². The van der Waals surface area contributed by atoms with E-state index in [1.807, 2.05) is 0 Å². The number of nitrogens with zero attached hydrogens (tertiary/aromatic N) is 1. The van der Waals surface area contributed by atoms with E-state index in [4.69, 9.17) is 4.74 Å². The van der Waals surface area contributed by atoms with E-state index in [1.54, 1.807) is 12.1 Å². The fourth-order valence-electron chi connectivity index (χ4n) is 1.83. The van der Waals surface area contributed by atoms with E-state index in [0.29, 0.717) is 5.75 Å². The molecule has 92 valence electrons. The van der Waals surface area contributed by atoms with Gasteiger partial charge in [0.2, 0.25) is 0 Å². The van der Waals surface area contributed by atoms with Crippen molar-refractivity contribution < 1.29 is 9.66 Å². The zero-order valence-electron chi connectivity index (χ0n) is 9.19. The molecule has 17 heavy (non-hydrogen) atoms. The first-order chi connectivity index (χ1) is 8.16. The Morgan fingerprint density at radius 3 is 3.00 bits per heavy atom. The van der Waals surface area contributed by atoms with Gasteiger partial charge in [-0.25, -0.2) is 0 Å². The van der Waals surface area contributed by atoms with E-state index in [2.05, 4.69) is 21.2 Å². The van der Waals surface area contributed by atoms with Crippen molar-refractivity contribution in [2.75, 3.05) is 13.1 Å². The molecule has 0 radical (unpaired) electrons. The van der Waals surface area contributed by atoms with Crippen LogP contribution in [0.4, 0.5) is 5.69 Å². The molecular weight excluding hydrogens is 288 g/mol. The second-order valence-corrected chi connectivity index (χ2v) is 4.87. The van der Waals surface area contributed by atoms with Crippen molar-refractivity contribution in [2.45, 2.75) is 18.9 Å². The summed E-state index contributed by atoms with van der Waals surface area (Å²) in [7, 11) is 0. The molecule has 6 heteroatoms. The molecule has 0 aliphatic carbocycles. The summed E-state index contributed by atoms with van der Waals surface area (Å²) >= 11 is 3.29. The van der Waals surface area contributed by atoms with Gasteiger partial charge in [-0.3, -0.25) is 10.1 Å². The third kappa shape index (κ3) is 3.17. The highest BCUT2D eigenvalue weighted by Crippen LogP contribution is 2.31. The molecule has 1 unspecified atom stereocenters. The molecule has 0 saturated carbocycles. The quantitative estimate of drug-likeness (QED) is 0.688. The summed E-state index contributed by atoms with van der Waals surface area (Å²) in [4.78, 5) is 10.5. The molecule has 0 spiro atoms. The maximum Gasteiger partial charge on any atom is 0.311 e. The minimum atomic E-state index is -0.419. The lowest BCUT2D eigenvalue weighted by Gasteiger charge is -2.23. The van der Waals surface area contributed by atoms with E-state index in [1.165, 1.54) is 6.07 Å². The van der Waals surface area contributed by atoms with Gasteiger partial charge in [0.15, 0.2) is 5.75 Å². The summed E-state index contributed by atoms with van der Waals surface area (Å²) in [5.41, 5.74) is 0.0128. The molecule has 1 N–H and O–H groups in total. The van der Waals surface area contributed by atoms with Crippen molar-refractivity contribution in [3.63, 3.8) is 0 Å². The lowest BCUT2D eigenvalue weighted by Crippen LogP contribution is -2.37. The number of nitro benzene ring substituents is 1. The molecule has 1 aromatic carbocycles. The van der Waals surface area contributed by atoms with Gasteiger partial charge in [-0.15, -0.1) is 0 Å². The van der Waals surface area contributed by atoms with E-state index in [0.717, 1.165) is 30.4 Å². The standard InChI is InChI=1S/C11H13BrN2O3/c12-8-3-4-10(14(15)16)11(6-8)17-9-2-1-5-13-7-9/h3-4,6,9,13H,1-2,5,7H2. The summed E-state index contributed by atoms with van der Waals surface area (Å²) < 4.78 is 6.47. The van der Waals surface area contributed by atoms with Gasteiger partial charge in [0.1, 0.15) is 6.10 Å². The highest BCUT2D eigenvalue weighted by atomic mass is 79.9. The average Bonchev–Trinajstić information content (AvgIpc) is 2.30. The van der Waals surface area contributed by atoms with Crippen molar-refractivity contribution >= 4 is 21.6 Å². The maximum atomic E-state index is 10.9. The third-order valence-corrected chi connectivity index (χ3v) is 3.16. The Morgan fingerprint density at radius 1 is 1.53 bits per heavy atom. The van der Waals surface area contributed by atoms with Crippen LogP contribution in [0.1, 0.15) is 12.8 Å². The first-order valence-electron chi connectivity index (χ1n) is 5.48. The number of hydrogen-bond acceptors (Lipinski definition) is 4. The van der Waals surface area contributed by atoms with Crippen molar-refractivity contribution in [2.24, 2.45) is 0 Å². The van der Waals surface area contributed by atoms with Crippen molar-refractivity contribution in [1.29, 1.82) is 0 Å². The minimum absolute atomic E-state index is 0.0109. The van der Waals surface area contributed by atoms with Gasteiger partial charge < -0.3 is 10.1 Å². The van der Waals surface area contributed by atoms with E-state index >= 15 is 0 Å². The Morgan fingerprint density at radius 2 is 2.35 bits per heavy atom. The molecule has 0 aromatic heterocycles. The molecule has 1 saturated heterocycles. The fraction of sp³-hybridized carbons (Fsp3) is 0.455. The Kier molecular flexibility index (Phi) is 3.96. The van der Waals surface area contributed by atoms with Crippen LogP contribution in [0.25, 0.3) is 0 Å². The molecule has 1 aromatic rings. The van der Waals surface area contributed by atoms with Gasteiger partial charge in [-0.05, 0) is 25.5 Å². The van der Waals surface area contributed by atoms with Crippen LogP contribution in [0.3, 0.4) is 0 Å². The number of ether oxygens (including phenoxy) is 1. The Bertz CT molecular complexity index is 419. The molecule has 1 fully saturated rings. The molecule has 1 aliphatic rings. The number of piperidine rings is 1. The summed E-state index contributed by atoms with van der Waals surface area (Å²) in [6, 6.07) is 4.74. The number of rotatable bonds is 3. The molecule has 2 rings (SSSR count). The van der Waals surface area contributed by atoms with Crippen LogP contribution in [0, 0.1) is 10.1 Å². The van der Waals surface area contributed by atoms with Gasteiger partial charge in [0.25, 0.3) is 0 Å². The topological polar surface area (TPSA) is 64.4 Å². The van der Waals surface area contributed by atoms with Gasteiger partial charge in [-0.1, -0.05) is 15.9 Å². The zero-order chi connectivity index (χ0) is 12.3. The zero-order valence-corrected chi connectivity index (χ0v) is 10.8. The minimum Gasteiger partial charge on any atom is -0.482 e. The van der Waals surface area contributed by atoms with Crippen LogP contribution >= 0.6 is 15.9 Å². The van der Waals surface area contributed by atoms with Crippen molar-refractivity contribution in [1.82, 2.24) is 5.32 Å². The van der Waals surface area contributed by atoms with Crippen LogP contribution < -0.4 is 10.1 Å². The van der Waals surface area contributed by atoms with E-state index in [-0.39, 0.29) is 11.8 Å². The number of halogens is 1.